The molecule has 0 saturated carbocycles. The van der Waals surface area contributed by atoms with Crippen LogP contribution in [-0.2, 0) is 16.6 Å². The van der Waals surface area contributed by atoms with Crippen molar-refractivity contribution in [1.29, 1.82) is 0 Å². The molecule has 2 heterocycles. The first-order chi connectivity index (χ1) is 9.48. The lowest BCUT2D eigenvalue weighted by atomic mass is 10.2. The molecule has 20 heavy (non-hydrogen) atoms. The van der Waals surface area contributed by atoms with Gasteiger partial charge in [-0.25, -0.2) is 8.42 Å². The van der Waals surface area contributed by atoms with Crippen molar-refractivity contribution in [1.82, 2.24) is 14.1 Å². The molecule has 1 saturated heterocycles. The Morgan fingerprint density at radius 2 is 1.85 bits per heavy atom. The van der Waals surface area contributed by atoms with Gasteiger partial charge in [0.2, 0.25) is 10.0 Å². The summed E-state index contributed by atoms with van der Waals surface area (Å²) in [7, 11) is -3.41. The first kappa shape index (κ1) is 15.8. The molecule has 1 aromatic rings. The molecule has 0 radical (unpaired) electrons. The third-order valence-electron chi connectivity index (χ3n) is 3.73. The molecule has 0 N–H and O–H groups in total. The number of aromatic nitrogens is 2. The number of nitrogens with zero attached hydrogens (tertiary/aromatic N) is 3. The number of hydrogen-bond acceptors (Lipinski definition) is 3. The lowest BCUT2D eigenvalue weighted by Gasteiger charge is -2.25. The minimum Gasteiger partial charge on any atom is -0.268 e. The summed E-state index contributed by atoms with van der Waals surface area (Å²) in [5.74, 6) is 0.548. The Kier molecular flexibility index (Phi) is 5.09. The summed E-state index contributed by atoms with van der Waals surface area (Å²) < 4.78 is 28.9. The molecule has 1 aromatic heterocycles. The molecule has 1 fully saturated rings. The van der Waals surface area contributed by atoms with Gasteiger partial charge in [-0.3, -0.25) is 4.68 Å². The van der Waals surface area contributed by atoms with Crippen LogP contribution in [-0.4, -0.2) is 41.5 Å². The van der Waals surface area contributed by atoms with Gasteiger partial charge in [0.05, 0.1) is 11.4 Å². The van der Waals surface area contributed by atoms with E-state index in [1.54, 1.807) is 15.9 Å². The van der Waals surface area contributed by atoms with Gasteiger partial charge in [0.25, 0.3) is 0 Å². The van der Waals surface area contributed by atoms with Crippen molar-refractivity contribution >= 4 is 21.6 Å². The van der Waals surface area contributed by atoms with Crippen LogP contribution in [0.2, 0.25) is 0 Å². The lowest BCUT2D eigenvalue weighted by molar-refractivity contribution is 0.346. The van der Waals surface area contributed by atoms with E-state index < -0.39 is 10.0 Å². The Labute approximate surface area is 126 Å². The Bertz CT molecular complexity index is 562. The van der Waals surface area contributed by atoms with Crippen LogP contribution in [0, 0.1) is 13.8 Å². The summed E-state index contributed by atoms with van der Waals surface area (Å²) in [5, 5.41) is 4.36. The first-order valence-corrected chi connectivity index (χ1v) is 9.06. The molecule has 0 spiro atoms. The van der Waals surface area contributed by atoms with E-state index in [4.69, 9.17) is 11.6 Å². The normalized spacial score (nSPS) is 17.6. The molecule has 0 bridgehead atoms. The fraction of sp³-hybridized carbons (Fsp3) is 0.769. The zero-order valence-electron chi connectivity index (χ0n) is 12.1. The largest absolute Gasteiger partial charge is 0.268 e. The predicted molar refractivity (Wildman–Crippen MR) is 79.6 cm³/mol. The third kappa shape index (κ3) is 3.02. The third-order valence-corrected chi connectivity index (χ3v) is 6.15. The highest BCUT2D eigenvalue weighted by Crippen LogP contribution is 2.26. The van der Waals surface area contributed by atoms with Gasteiger partial charge in [-0.1, -0.05) is 6.42 Å². The van der Waals surface area contributed by atoms with E-state index in [1.807, 2.05) is 6.92 Å². The highest BCUT2D eigenvalue weighted by Gasteiger charge is 2.31. The van der Waals surface area contributed by atoms with Crippen molar-refractivity contribution in [3.63, 3.8) is 0 Å². The summed E-state index contributed by atoms with van der Waals surface area (Å²) in [6.45, 7) is 5.49. The molecule has 5 nitrogen and oxygen atoms in total. The van der Waals surface area contributed by atoms with Gasteiger partial charge in [-0.05, 0) is 33.1 Å². The van der Waals surface area contributed by atoms with E-state index in [-0.39, 0.29) is 0 Å². The SMILES string of the molecule is Cc1nn(CCCCl)c(C)c1S(=O)(=O)N1CCCCC1. The van der Waals surface area contributed by atoms with Crippen molar-refractivity contribution in [2.45, 2.75) is 51.0 Å². The summed E-state index contributed by atoms with van der Waals surface area (Å²) in [4.78, 5) is 0.383. The van der Waals surface area contributed by atoms with Crippen LogP contribution in [0.25, 0.3) is 0 Å². The van der Waals surface area contributed by atoms with Gasteiger partial charge >= 0.3 is 0 Å². The van der Waals surface area contributed by atoms with E-state index in [2.05, 4.69) is 5.10 Å². The van der Waals surface area contributed by atoms with E-state index >= 15 is 0 Å². The Morgan fingerprint density at radius 1 is 1.20 bits per heavy atom. The van der Waals surface area contributed by atoms with Crippen LogP contribution in [0.5, 0.6) is 0 Å². The number of piperidine rings is 1. The number of hydrogen-bond donors (Lipinski definition) is 0. The first-order valence-electron chi connectivity index (χ1n) is 7.08. The average Bonchev–Trinajstić information content (AvgIpc) is 2.72. The second kappa shape index (κ2) is 6.45. The van der Waals surface area contributed by atoms with E-state index in [1.165, 1.54) is 0 Å². The molecule has 7 heteroatoms. The summed E-state index contributed by atoms with van der Waals surface area (Å²) in [5.41, 5.74) is 1.31. The van der Waals surface area contributed by atoms with Gasteiger partial charge in [0.15, 0.2) is 0 Å². The van der Waals surface area contributed by atoms with Crippen molar-refractivity contribution in [2.24, 2.45) is 0 Å². The molecular weight excluding hydrogens is 298 g/mol. The molecule has 114 valence electrons. The molecule has 0 aromatic carbocycles. The molecule has 0 amide bonds. The van der Waals surface area contributed by atoms with Crippen LogP contribution >= 0.6 is 11.6 Å². The van der Waals surface area contributed by atoms with Crippen LogP contribution in [0.15, 0.2) is 4.90 Å². The predicted octanol–water partition coefficient (Wildman–Crippen LogP) is 2.30. The number of rotatable bonds is 5. The minimum absolute atomic E-state index is 0.383. The number of halogens is 1. The van der Waals surface area contributed by atoms with Gasteiger partial charge in [0, 0.05) is 25.5 Å². The molecule has 1 aliphatic heterocycles. The summed E-state index contributed by atoms with van der Waals surface area (Å²) >= 11 is 5.69. The van der Waals surface area contributed by atoms with Gasteiger partial charge in [-0.2, -0.15) is 9.40 Å². The van der Waals surface area contributed by atoms with E-state index in [0.29, 0.717) is 36.1 Å². The van der Waals surface area contributed by atoms with E-state index in [9.17, 15) is 8.42 Å². The maximum Gasteiger partial charge on any atom is 0.246 e. The second-order valence-electron chi connectivity index (χ2n) is 5.23. The fourth-order valence-corrected chi connectivity index (χ4v) is 4.72. The monoisotopic (exact) mass is 319 g/mol. The Hall–Kier alpha value is -0.590. The van der Waals surface area contributed by atoms with E-state index in [0.717, 1.165) is 31.4 Å². The summed E-state index contributed by atoms with van der Waals surface area (Å²) in [6, 6.07) is 0. The molecule has 0 unspecified atom stereocenters. The topological polar surface area (TPSA) is 55.2 Å². The molecule has 0 aliphatic carbocycles. The Balaban J connectivity index is 2.33. The lowest BCUT2D eigenvalue weighted by Crippen LogP contribution is -2.36. The summed E-state index contributed by atoms with van der Waals surface area (Å²) in [6.07, 6.45) is 3.78. The highest BCUT2D eigenvalue weighted by atomic mass is 35.5. The molecule has 1 aliphatic rings. The zero-order chi connectivity index (χ0) is 14.8. The maximum atomic E-state index is 12.8. The number of alkyl halides is 1. The smallest absolute Gasteiger partial charge is 0.246 e. The minimum atomic E-state index is -3.41. The second-order valence-corrected chi connectivity index (χ2v) is 7.48. The van der Waals surface area contributed by atoms with Crippen LogP contribution in [0.4, 0.5) is 0 Å². The van der Waals surface area contributed by atoms with Crippen molar-refractivity contribution in [2.75, 3.05) is 19.0 Å². The zero-order valence-corrected chi connectivity index (χ0v) is 13.7. The number of sulfonamides is 1. The Morgan fingerprint density at radius 3 is 2.45 bits per heavy atom. The maximum absolute atomic E-state index is 12.8. The van der Waals surface area contributed by atoms with Crippen LogP contribution in [0.3, 0.4) is 0 Å². The molecular formula is C13H22ClN3O2S. The van der Waals surface area contributed by atoms with Crippen LogP contribution in [0.1, 0.15) is 37.1 Å². The number of aryl methyl sites for hydroxylation is 2. The standard InChI is InChI=1S/C13H22ClN3O2S/c1-11-13(12(2)17(15-11)10-6-7-14)20(18,19)16-8-4-3-5-9-16/h3-10H2,1-2H3. The highest BCUT2D eigenvalue weighted by molar-refractivity contribution is 7.89. The van der Waals surface area contributed by atoms with Crippen LogP contribution < -0.4 is 0 Å². The molecule has 0 atom stereocenters. The molecule has 2 rings (SSSR count). The van der Waals surface area contributed by atoms with Gasteiger partial charge in [-0.15, -0.1) is 11.6 Å². The average molecular weight is 320 g/mol. The quantitative estimate of drug-likeness (QED) is 0.783. The van der Waals surface area contributed by atoms with Gasteiger partial charge in [0.1, 0.15) is 4.90 Å². The fourth-order valence-electron chi connectivity index (χ4n) is 2.72. The van der Waals surface area contributed by atoms with Crippen molar-refractivity contribution in [3.8, 4) is 0 Å². The van der Waals surface area contributed by atoms with Crippen molar-refractivity contribution in [3.05, 3.63) is 11.4 Å². The van der Waals surface area contributed by atoms with Crippen molar-refractivity contribution < 1.29 is 8.42 Å². The van der Waals surface area contributed by atoms with Gasteiger partial charge < -0.3 is 0 Å².